The van der Waals surface area contributed by atoms with Crippen LogP contribution >= 0.6 is 27.3 Å². The first-order chi connectivity index (χ1) is 7.22. The van der Waals surface area contributed by atoms with Crippen LogP contribution in [0.1, 0.15) is 4.88 Å². The second-order valence-corrected chi connectivity index (χ2v) is 4.73. The lowest BCUT2D eigenvalue weighted by Crippen LogP contribution is -1.84. The van der Waals surface area contributed by atoms with Crippen molar-refractivity contribution in [2.45, 2.75) is 0 Å². The van der Waals surface area contributed by atoms with Gasteiger partial charge in [-0.05, 0) is 29.6 Å². The Kier molecular flexibility index (Phi) is 2.85. The van der Waals surface area contributed by atoms with E-state index in [0.717, 1.165) is 4.47 Å². The van der Waals surface area contributed by atoms with Crippen LogP contribution in [0.5, 0.6) is 0 Å². The summed E-state index contributed by atoms with van der Waals surface area (Å²) in [6.45, 7) is 0. The topological polar surface area (TPSA) is 23.8 Å². The lowest BCUT2D eigenvalue weighted by atomic mass is 10.1. The summed E-state index contributed by atoms with van der Waals surface area (Å²) in [4.78, 5) is 0.534. The van der Waals surface area contributed by atoms with Crippen molar-refractivity contribution in [2.24, 2.45) is 0 Å². The van der Waals surface area contributed by atoms with E-state index in [1.807, 2.05) is 0 Å². The van der Waals surface area contributed by atoms with Gasteiger partial charge >= 0.3 is 0 Å². The molecule has 0 aliphatic heterocycles. The predicted molar refractivity (Wildman–Crippen MR) is 62.1 cm³/mol. The van der Waals surface area contributed by atoms with Gasteiger partial charge in [-0.1, -0.05) is 15.9 Å². The zero-order valence-corrected chi connectivity index (χ0v) is 9.90. The molecule has 0 saturated heterocycles. The first-order valence-electron chi connectivity index (χ1n) is 4.15. The van der Waals surface area contributed by atoms with Gasteiger partial charge < -0.3 is 0 Å². The molecule has 0 atom stereocenters. The van der Waals surface area contributed by atoms with Gasteiger partial charge in [-0.3, -0.25) is 0 Å². The Morgan fingerprint density at radius 1 is 1.27 bits per heavy atom. The molecule has 4 heteroatoms. The number of hydrogen-bond donors (Lipinski definition) is 0. The SMILES string of the molecule is N#Cc1sccc1-c1cc(Br)ccc1F. The zero-order valence-electron chi connectivity index (χ0n) is 7.50. The third kappa shape index (κ3) is 1.94. The largest absolute Gasteiger partial charge is 0.206 e. The highest BCUT2D eigenvalue weighted by Gasteiger charge is 2.11. The van der Waals surface area contributed by atoms with Gasteiger partial charge in [-0.2, -0.15) is 5.26 Å². The summed E-state index contributed by atoms with van der Waals surface area (Å²) in [6, 6.07) is 8.52. The highest BCUT2D eigenvalue weighted by atomic mass is 79.9. The predicted octanol–water partition coefficient (Wildman–Crippen LogP) is 4.19. The average Bonchev–Trinajstić information content (AvgIpc) is 2.69. The fourth-order valence-electron chi connectivity index (χ4n) is 1.31. The molecule has 1 nitrogen and oxygen atoms in total. The Balaban J connectivity index is 2.64. The van der Waals surface area contributed by atoms with Crippen molar-refractivity contribution in [1.29, 1.82) is 5.26 Å². The second kappa shape index (κ2) is 4.13. The summed E-state index contributed by atoms with van der Waals surface area (Å²) in [5, 5.41) is 10.6. The van der Waals surface area contributed by atoms with E-state index in [1.54, 1.807) is 23.6 Å². The number of nitriles is 1. The van der Waals surface area contributed by atoms with Crippen LogP contribution in [-0.2, 0) is 0 Å². The quantitative estimate of drug-likeness (QED) is 0.769. The number of hydrogen-bond acceptors (Lipinski definition) is 2. The van der Waals surface area contributed by atoms with Crippen molar-refractivity contribution >= 4 is 27.3 Å². The molecule has 0 fully saturated rings. The maximum atomic E-state index is 13.5. The van der Waals surface area contributed by atoms with Gasteiger partial charge in [-0.25, -0.2) is 4.39 Å². The van der Waals surface area contributed by atoms with Gasteiger partial charge in [0.2, 0.25) is 0 Å². The lowest BCUT2D eigenvalue weighted by molar-refractivity contribution is 0.631. The van der Waals surface area contributed by atoms with Gasteiger partial charge in [0.05, 0.1) is 0 Å². The molecule has 0 spiro atoms. The lowest BCUT2D eigenvalue weighted by Gasteiger charge is -2.01. The molecule has 0 amide bonds. The number of halogens is 2. The van der Waals surface area contributed by atoms with Crippen molar-refractivity contribution in [3.63, 3.8) is 0 Å². The van der Waals surface area contributed by atoms with Crippen LogP contribution in [0.3, 0.4) is 0 Å². The summed E-state index contributed by atoms with van der Waals surface area (Å²) in [7, 11) is 0. The van der Waals surface area contributed by atoms with Crippen molar-refractivity contribution in [3.8, 4) is 17.2 Å². The fraction of sp³-hybridized carbons (Fsp3) is 0. The highest BCUT2D eigenvalue weighted by Crippen LogP contribution is 2.31. The van der Waals surface area contributed by atoms with Crippen LogP contribution in [0.15, 0.2) is 34.1 Å². The summed E-state index contributed by atoms with van der Waals surface area (Å²) >= 11 is 4.60. The molecular formula is C11H5BrFNS. The van der Waals surface area contributed by atoms with Crippen molar-refractivity contribution in [1.82, 2.24) is 0 Å². The van der Waals surface area contributed by atoms with E-state index in [9.17, 15) is 4.39 Å². The number of rotatable bonds is 1. The van der Waals surface area contributed by atoms with Crippen LogP contribution in [0.2, 0.25) is 0 Å². The standard InChI is InChI=1S/C11H5BrFNS/c12-7-1-2-10(13)9(5-7)8-3-4-15-11(8)6-14/h1-5H. The van der Waals surface area contributed by atoms with E-state index in [4.69, 9.17) is 5.26 Å². The molecule has 2 rings (SSSR count). The summed E-state index contributed by atoms with van der Waals surface area (Å²) in [6.07, 6.45) is 0. The third-order valence-corrected chi connectivity index (χ3v) is 3.30. The smallest absolute Gasteiger partial charge is 0.131 e. The van der Waals surface area contributed by atoms with E-state index >= 15 is 0 Å². The second-order valence-electron chi connectivity index (χ2n) is 2.90. The van der Waals surface area contributed by atoms with Crippen molar-refractivity contribution in [2.75, 3.05) is 0 Å². The Labute approximate surface area is 98.9 Å². The summed E-state index contributed by atoms with van der Waals surface area (Å²) < 4.78 is 14.3. The summed E-state index contributed by atoms with van der Waals surface area (Å²) in [5.41, 5.74) is 1.11. The molecule has 0 aliphatic carbocycles. The number of thiophene rings is 1. The molecule has 1 aromatic heterocycles. The first-order valence-corrected chi connectivity index (χ1v) is 5.82. The maximum Gasteiger partial charge on any atom is 0.131 e. The molecule has 0 bridgehead atoms. The van der Waals surface area contributed by atoms with Crippen molar-refractivity contribution in [3.05, 3.63) is 44.8 Å². The summed E-state index contributed by atoms with van der Waals surface area (Å²) in [5.74, 6) is -0.312. The molecule has 0 aliphatic rings. The highest BCUT2D eigenvalue weighted by molar-refractivity contribution is 9.10. The van der Waals surface area contributed by atoms with Gasteiger partial charge in [0.15, 0.2) is 0 Å². The molecular weight excluding hydrogens is 277 g/mol. The monoisotopic (exact) mass is 281 g/mol. The Morgan fingerprint density at radius 2 is 2.07 bits per heavy atom. The van der Waals surface area contributed by atoms with Crippen molar-refractivity contribution < 1.29 is 4.39 Å². The average molecular weight is 282 g/mol. The molecule has 15 heavy (non-hydrogen) atoms. The van der Waals surface area contributed by atoms with Crippen LogP contribution in [0.4, 0.5) is 4.39 Å². The third-order valence-electron chi connectivity index (χ3n) is 1.99. The van der Waals surface area contributed by atoms with Gasteiger partial charge in [0, 0.05) is 15.6 Å². The van der Waals surface area contributed by atoms with E-state index in [0.29, 0.717) is 16.0 Å². The minimum atomic E-state index is -0.312. The molecule has 1 heterocycles. The minimum Gasteiger partial charge on any atom is -0.206 e. The number of nitrogens with zero attached hydrogens (tertiary/aromatic N) is 1. The van der Waals surface area contributed by atoms with E-state index in [1.165, 1.54) is 17.4 Å². The molecule has 0 radical (unpaired) electrons. The van der Waals surface area contributed by atoms with Crippen LogP contribution in [0, 0.1) is 17.1 Å². The van der Waals surface area contributed by atoms with Crippen LogP contribution < -0.4 is 0 Å². The molecule has 0 N–H and O–H groups in total. The normalized spacial score (nSPS) is 9.93. The fourth-order valence-corrected chi connectivity index (χ4v) is 2.37. The Hall–Kier alpha value is -1.18. The molecule has 1 aromatic carbocycles. The van der Waals surface area contributed by atoms with E-state index in [-0.39, 0.29) is 5.82 Å². The Morgan fingerprint density at radius 3 is 2.80 bits per heavy atom. The molecule has 74 valence electrons. The maximum absolute atomic E-state index is 13.5. The van der Waals surface area contributed by atoms with Crippen LogP contribution in [-0.4, -0.2) is 0 Å². The molecule has 0 unspecified atom stereocenters. The molecule has 0 saturated carbocycles. The number of benzene rings is 1. The van der Waals surface area contributed by atoms with Gasteiger partial charge in [-0.15, -0.1) is 11.3 Å². The first kappa shape index (κ1) is 10.3. The van der Waals surface area contributed by atoms with Crippen LogP contribution in [0.25, 0.3) is 11.1 Å². The zero-order chi connectivity index (χ0) is 10.8. The minimum absolute atomic E-state index is 0.312. The molecule has 2 aromatic rings. The van der Waals surface area contributed by atoms with Gasteiger partial charge in [0.25, 0.3) is 0 Å². The van der Waals surface area contributed by atoms with Gasteiger partial charge in [0.1, 0.15) is 16.8 Å². The van der Waals surface area contributed by atoms with E-state index < -0.39 is 0 Å². The Bertz CT molecular complexity index is 542. The van der Waals surface area contributed by atoms with E-state index in [2.05, 4.69) is 22.0 Å².